The fourth-order valence-corrected chi connectivity index (χ4v) is 2.75. The zero-order valence-corrected chi connectivity index (χ0v) is 11.1. The molecular weight excluding hydrogens is 301 g/mol. The molecule has 4 heteroatoms. The third-order valence-electron chi connectivity index (χ3n) is 2.11. The third-order valence-corrected chi connectivity index (χ3v) is 3.66. The van der Waals surface area contributed by atoms with Gasteiger partial charge in [0.25, 0.3) is 0 Å². The Morgan fingerprint density at radius 1 is 1.12 bits per heavy atom. The summed E-state index contributed by atoms with van der Waals surface area (Å²) < 4.78 is 13.7. The van der Waals surface area contributed by atoms with Crippen molar-refractivity contribution in [2.24, 2.45) is 0 Å². The Morgan fingerprint density at radius 2 is 1.82 bits per heavy atom. The largest absolute Gasteiger partial charge is 0.207 e. The minimum atomic E-state index is -0.260. The lowest BCUT2D eigenvalue weighted by molar-refractivity contribution is 0.626. The number of hydrogen-bond donors (Lipinski definition) is 0. The Kier molecular flexibility index (Phi) is 3.82. The van der Waals surface area contributed by atoms with Crippen LogP contribution >= 0.6 is 27.7 Å². The van der Waals surface area contributed by atoms with E-state index >= 15 is 0 Å². The first-order valence-electron chi connectivity index (χ1n) is 4.82. The topological polar surface area (TPSA) is 23.8 Å². The van der Waals surface area contributed by atoms with Crippen molar-refractivity contribution in [3.63, 3.8) is 0 Å². The van der Waals surface area contributed by atoms with Gasteiger partial charge in [-0.05, 0) is 42.5 Å². The maximum atomic E-state index is 12.8. The van der Waals surface area contributed by atoms with E-state index in [0.717, 1.165) is 14.3 Å². The number of rotatable bonds is 2. The van der Waals surface area contributed by atoms with E-state index < -0.39 is 0 Å². The molecule has 0 bridgehead atoms. The Bertz CT molecular complexity index is 575. The van der Waals surface area contributed by atoms with E-state index in [9.17, 15) is 4.39 Å². The molecule has 84 valence electrons. The molecule has 0 saturated carbocycles. The van der Waals surface area contributed by atoms with Crippen LogP contribution in [-0.2, 0) is 0 Å². The van der Waals surface area contributed by atoms with Gasteiger partial charge in [-0.25, -0.2) is 4.39 Å². The molecule has 0 unspecified atom stereocenters. The molecule has 0 heterocycles. The van der Waals surface area contributed by atoms with E-state index in [2.05, 4.69) is 22.0 Å². The first kappa shape index (κ1) is 12.2. The van der Waals surface area contributed by atoms with Gasteiger partial charge in [0.2, 0.25) is 0 Å². The summed E-state index contributed by atoms with van der Waals surface area (Å²) in [5, 5.41) is 8.99. The molecule has 0 aromatic heterocycles. The van der Waals surface area contributed by atoms with Crippen LogP contribution in [0.4, 0.5) is 4.39 Å². The first-order chi connectivity index (χ1) is 8.19. The molecule has 0 aliphatic heterocycles. The maximum absolute atomic E-state index is 12.8. The van der Waals surface area contributed by atoms with Gasteiger partial charge in [-0.3, -0.25) is 0 Å². The average molecular weight is 308 g/mol. The van der Waals surface area contributed by atoms with Crippen LogP contribution in [0.2, 0.25) is 0 Å². The molecule has 0 spiro atoms. The van der Waals surface area contributed by atoms with Crippen molar-refractivity contribution in [1.82, 2.24) is 0 Å². The second-order valence-electron chi connectivity index (χ2n) is 3.31. The van der Waals surface area contributed by atoms with Crippen molar-refractivity contribution in [3.05, 3.63) is 58.3 Å². The summed E-state index contributed by atoms with van der Waals surface area (Å²) in [7, 11) is 0. The van der Waals surface area contributed by atoms with E-state index in [-0.39, 0.29) is 5.82 Å². The van der Waals surface area contributed by atoms with Crippen LogP contribution in [0.15, 0.2) is 56.7 Å². The lowest BCUT2D eigenvalue weighted by atomic mass is 10.2. The van der Waals surface area contributed by atoms with E-state index in [1.54, 1.807) is 18.2 Å². The van der Waals surface area contributed by atoms with Crippen LogP contribution in [0.25, 0.3) is 0 Å². The van der Waals surface area contributed by atoms with Crippen LogP contribution in [0.3, 0.4) is 0 Å². The summed E-state index contributed by atoms with van der Waals surface area (Å²) in [6, 6.07) is 13.8. The normalized spacial score (nSPS) is 9.94. The van der Waals surface area contributed by atoms with E-state index in [0.29, 0.717) is 5.56 Å². The molecule has 0 N–H and O–H groups in total. The summed E-state index contributed by atoms with van der Waals surface area (Å²) in [6.45, 7) is 0. The summed E-state index contributed by atoms with van der Waals surface area (Å²) in [5.41, 5.74) is 0.613. The highest BCUT2D eigenvalue weighted by Gasteiger charge is 2.05. The van der Waals surface area contributed by atoms with E-state index in [1.807, 2.05) is 12.1 Å². The first-order valence-corrected chi connectivity index (χ1v) is 6.43. The SMILES string of the molecule is N#Cc1ccc(Br)cc1Sc1ccc(F)cc1. The van der Waals surface area contributed by atoms with Gasteiger partial charge in [0.1, 0.15) is 11.9 Å². The van der Waals surface area contributed by atoms with E-state index in [4.69, 9.17) is 5.26 Å². The molecule has 0 amide bonds. The monoisotopic (exact) mass is 307 g/mol. The summed E-state index contributed by atoms with van der Waals surface area (Å²) in [5.74, 6) is -0.260. The molecule has 17 heavy (non-hydrogen) atoms. The van der Waals surface area contributed by atoms with Crippen LogP contribution < -0.4 is 0 Å². The number of halogens is 2. The summed E-state index contributed by atoms with van der Waals surface area (Å²) in [6.07, 6.45) is 0. The van der Waals surface area contributed by atoms with Crippen molar-refractivity contribution in [2.75, 3.05) is 0 Å². The van der Waals surface area contributed by atoms with Crippen LogP contribution in [-0.4, -0.2) is 0 Å². The fraction of sp³-hybridized carbons (Fsp3) is 0. The van der Waals surface area contributed by atoms with Gasteiger partial charge >= 0.3 is 0 Å². The predicted octanol–water partition coefficient (Wildman–Crippen LogP) is 4.61. The molecule has 0 atom stereocenters. The molecule has 1 nitrogen and oxygen atoms in total. The molecule has 2 aromatic rings. The Labute approximate surface area is 111 Å². The maximum Gasteiger partial charge on any atom is 0.123 e. The van der Waals surface area contributed by atoms with Crippen molar-refractivity contribution in [1.29, 1.82) is 5.26 Å². The van der Waals surface area contributed by atoms with Crippen LogP contribution in [0.5, 0.6) is 0 Å². The summed E-state index contributed by atoms with van der Waals surface area (Å²) in [4.78, 5) is 1.76. The fourth-order valence-electron chi connectivity index (χ4n) is 1.30. The standard InChI is InChI=1S/C13H7BrFNS/c14-10-2-1-9(8-16)13(7-10)17-12-5-3-11(15)4-6-12/h1-7H. The highest BCUT2D eigenvalue weighted by Crippen LogP contribution is 2.32. The molecule has 0 saturated heterocycles. The van der Waals surface area contributed by atoms with Gasteiger partial charge in [-0.15, -0.1) is 0 Å². The Balaban J connectivity index is 2.32. The highest BCUT2D eigenvalue weighted by molar-refractivity contribution is 9.10. The second kappa shape index (κ2) is 5.35. The minimum Gasteiger partial charge on any atom is -0.207 e. The second-order valence-corrected chi connectivity index (χ2v) is 5.34. The average Bonchev–Trinajstić information content (AvgIpc) is 2.32. The van der Waals surface area contributed by atoms with Gasteiger partial charge in [-0.2, -0.15) is 5.26 Å². The lowest BCUT2D eigenvalue weighted by Crippen LogP contribution is -1.82. The van der Waals surface area contributed by atoms with Gasteiger partial charge in [-0.1, -0.05) is 27.7 Å². The quantitative estimate of drug-likeness (QED) is 0.809. The van der Waals surface area contributed by atoms with Crippen LogP contribution in [0.1, 0.15) is 5.56 Å². The van der Waals surface area contributed by atoms with Crippen molar-refractivity contribution in [2.45, 2.75) is 9.79 Å². The van der Waals surface area contributed by atoms with Crippen LogP contribution in [0, 0.1) is 17.1 Å². The highest BCUT2D eigenvalue weighted by atomic mass is 79.9. The number of benzene rings is 2. The molecular formula is C13H7BrFNS. The molecule has 0 aliphatic carbocycles. The van der Waals surface area contributed by atoms with Crippen molar-refractivity contribution >= 4 is 27.7 Å². The van der Waals surface area contributed by atoms with Gasteiger partial charge in [0.05, 0.1) is 5.56 Å². The molecule has 0 radical (unpaired) electrons. The van der Waals surface area contributed by atoms with Gasteiger partial charge < -0.3 is 0 Å². The van der Waals surface area contributed by atoms with E-state index in [1.165, 1.54) is 23.9 Å². The molecule has 0 aliphatic rings. The van der Waals surface area contributed by atoms with Gasteiger partial charge in [0, 0.05) is 14.3 Å². The zero-order chi connectivity index (χ0) is 12.3. The molecule has 2 aromatic carbocycles. The Hall–Kier alpha value is -1.31. The zero-order valence-electron chi connectivity index (χ0n) is 8.65. The predicted molar refractivity (Wildman–Crippen MR) is 69.4 cm³/mol. The number of hydrogen-bond acceptors (Lipinski definition) is 2. The lowest BCUT2D eigenvalue weighted by Gasteiger charge is -2.04. The smallest absolute Gasteiger partial charge is 0.123 e. The third kappa shape index (κ3) is 3.09. The number of nitriles is 1. The Morgan fingerprint density at radius 3 is 2.47 bits per heavy atom. The minimum absolute atomic E-state index is 0.260. The summed E-state index contributed by atoms with van der Waals surface area (Å²) >= 11 is 4.81. The van der Waals surface area contributed by atoms with Crippen molar-refractivity contribution in [3.8, 4) is 6.07 Å². The molecule has 0 fully saturated rings. The molecule has 2 rings (SSSR count). The number of nitrogens with zero attached hydrogens (tertiary/aromatic N) is 1. The van der Waals surface area contributed by atoms with Gasteiger partial charge in [0.15, 0.2) is 0 Å². The van der Waals surface area contributed by atoms with Crippen molar-refractivity contribution < 1.29 is 4.39 Å².